The first kappa shape index (κ1) is 20.5. The summed E-state index contributed by atoms with van der Waals surface area (Å²) in [6.07, 6.45) is -0.911. The van der Waals surface area contributed by atoms with E-state index >= 15 is 0 Å². The quantitative estimate of drug-likeness (QED) is 0.541. The number of fused-ring (bicyclic) bond motifs is 1. The van der Waals surface area contributed by atoms with Crippen molar-refractivity contribution < 1.29 is 19.2 Å². The number of carbonyl (C=O) groups is 2. The van der Waals surface area contributed by atoms with Crippen molar-refractivity contribution in [3.63, 3.8) is 0 Å². The molecule has 0 aliphatic carbocycles. The number of amides is 2. The van der Waals surface area contributed by atoms with Crippen LogP contribution >= 0.6 is 11.6 Å². The lowest BCUT2D eigenvalue weighted by Crippen LogP contribution is -2.37. The average molecular weight is 449 g/mol. The van der Waals surface area contributed by atoms with Crippen LogP contribution in [0.3, 0.4) is 0 Å². The van der Waals surface area contributed by atoms with Gasteiger partial charge in [-0.05, 0) is 61.0 Å². The number of rotatable bonds is 4. The third kappa shape index (κ3) is 3.32. The zero-order chi connectivity index (χ0) is 22.4. The van der Waals surface area contributed by atoms with E-state index in [9.17, 15) is 9.59 Å². The van der Waals surface area contributed by atoms with Gasteiger partial charge in [-0.2, -0.15) is 0 Å². The van der Waals surface area contributed by atoms with Crippen LogP contribution in [0.1, 0.15) is 17.2 Å². The van der Waals surface area contributed by atoms with Gasteiger partial charge >= 0.3 is 0 Å². The molecule has 0 saturated carbocycles. The first-order valence-corrected chi connectivity index (χ1v) is 10.7. The van der Waals surface area contributed by atoms with Gasteiger partial charge in [0, 0.05) is 5.02 Å². The lowest BCUT2D eigenvalue weighted by Gasteiger charge is -2.29. The SMILES string of the molecule is COc1ccc([C@@H]2[C@H]3C(=O)N(c4ccc(C)cc4)C(=O)[C@@H]3ON2c2ccc(Cl)cc2)cc1. The summed E-state index contributed by atoms with van der Waals surface area (Å²) in [5, 5.41) is 2.24. The van der Waals surface area contributed by atoms with E-state index in [2.05, 4.69) is 0 Å². The second kappa shape index (κ2) is 7.97. The van der Waals surface area contributed by atoms with E-state index in [0.717, 1.165) is 11.1 Å². The van der Waals surface area contributed by atoms with E-state index in [4.69, 9.17) is 21.2 Å². The number of carbonyl (C=O) groups excluding carboxylic acids is 2. The Morgan fingerprint density at radius 2 is 1.47 bits per heavy atom. The predicted molar refractivity (Wildman–Crippen MR) is 122 cm³/mol. The molecule has 5 rings (SSSR count). The second-order valence-electron chi connectivity index (χ2n) is 7.92. The fourth-order valence-electron chi connectivity index (χ4n) is 4.31. The first-order valence-electron chi connectivity index (χ1n) is 10.3. The molecule has 2 aliphatic heterocycles. The topological polar surface area (TPSA) is 59.1 Å². The molecule has 6 nitrogen and oxygen atoms in total. The molecule has 3 aromatic carbocycles. The fourth-order valence-corrected chi connectivity index (χ4v) is 4.44. The molecule has 0 unspecified atom stereocenters. The lowest BCUT2D eigenvalue weighted by atomic mass is 9.90. The number of hydrogen-bond donors (Lipinski definition) is 0. The number of hydroxylamine groups is 1. The number of imide groups is 1. The monoisotopic (exact) mass is 448 g/mol. The van der Waals surface area contributed by atoms with Crippen molar-refractivity contribution in [3.8, 4) is 5.75 Å². The highest BCUT2D eigenvalue weighted by atomic mass is 35.5. The van der Waals surface area contributed by atoms with Crippen molar-refractivity contribution in [1.82, 2.24) is 0 Å². The zero-order valence-electron chi connectivity index (χ0n) is 17.6. The summed E-state index contributed by atoms with van der Waals surface area (Å²) in [7, 11) is 1.60. The van der Waals surface area contributed by atoms with Crippen molar-refractivity contribution in [3.05, 3.63) is 88.9 Å². The number of ether oxygens (including phenoxy) is 1. The van der Waals surface area contributed by atoms with Gasteiger partial charge in [0.25, 0.3) is 5.91 Å². The maximum Gasteiger partial charge on any atom is 0.266 e. The molecule has 0 bridgehead atoms. The predicted octanol–water partition coefficient (Wildman–Crippen LogP) is 4.71. The number of methoxy groups -OCH3 is 1. The smallest absolute Gasteiger partial charge is 0.266 e. The van der Waals surface area contributed by atoms with Gasteiger partial charge in [0.1, 0.15) is 11.7 Å². The van der Waals surface area contributed by atoms with Crippen molar-refractivity contribution in [2.24, 2.45) is 5.92 Å². The summed E-state index contributed by atoms with van der Waals surface area (Å²) in [5.41, 5.74) is 3.16. The summed E-state index contributed by atoms with van der Waals surface area (Å²) >= 11 is 6.06. The van der Waals surface area contributed by atoms with Crippen LogP contribution in [0, 0.1) is 12.8 Å². The maximum atomic E-state index is 13.6. The van der Waals surface area contributed by atoms with Crippen molar-refractivity contribution in [1.29, 1.82) is 0 Å². The number of nitrogens with zero attached hydrogens (tertiary/aromatic N) is 2. The second-order valence-corrected chi connectivity index (χ2v) is 8.36. The lowest BCUT2D eigenvalue weighted by molar-refractivity contribution is -0.126. The van der Waals surface area contributed by atoms with Crippen LogP contribution in [0.2, 0.25) is 5.02 Å². The fraction of sp³-hybridized carbons (Fsp3) is 0.200. The van der Waals surface area contributed by atoms with E-state index in [0.29, 0.717) is 22.1 Å². The molecule has 0 spiro atoms. The highest BCUT2D eigenvalue weighted by Crippen LogP contribution is 2.47. The van der Waals surface area contributed by atoms with E-state index in [1.165, 1.54) is 4.90 Å². The van der Waals surface area contributed by atoms with Gasteiger partial charge in [-0.25, -0.2) is 9.96 Å². The van der Waals surface area contributed by atoms with Gasteiger partial charge < -0.3 is 4.74 Å². The Balaban J connectivity index is 1.57. The van der Waals surface area contributed by atoms with Gasteiger partial charge in [0.15, 0.2) is 6.10 Å². The van der Waals surface area contributed by atoms with E-state index < -0.39 is 18.1 Å². The van der Waals surface area contributed by atoms with Crippen LogP contribution in [0.5, 0.6) is 5.75 Å². The summed E-state index contributed by atoms with van der Waals surface area (Å²) in [4.78, 5) is 34.3. The Morgan fingerprint density at radius 3 is 2.09 bits per heavy atom. The van der Waals surface area contributed by atoms with Gasteiger partial charge in [-0.15, -0.1) is 0 Å². The third-order valence-corrected chi connectivity index (χ3v) is 6.20. The molecule has 0 N–H and O–H groups in total. The van der Waals surface area contributed by atoms with E-state index in [-0.39, 0.29) is 11.8 Å². The van der Waals surface area contributed by atoms with Crippen LogP contribution < -0.4 is 14.7 Å². The number of halogens is 1. The molecule has 2 amide bonds. The number of hydrogen-bond acceptors (Lipinski definition) is 5. The number of anilines is 2. The normalized spacial score (nSPS) is 22.4. The molecule has 7 heteroatoms. The van der Waals surface area contributed by atoms with Gasteiger partial charge in [0.2, 0.25) is 5.91 Å². The van der Waals surface area contributed by atoms with Crippen LogP contribution in [0.15, 0.2) is 72.8 Å². The molecule has 3 atom stereocenters. The van der Waals surface area contributed by atoms with Crippen molar-refractivity contribution >= 4 is 34.8 Å². The Hall–Kier alpha value is -3.35. The molecule has 2 saturated heterocycles. The number of aryl methyl sites for hydroxylation is 1. The van der Waals surface area contributed by atoms with E-state index in [1.807, 2.05) is 55.5 Å². The van der Waals surface area contributed by atoms with Crippen LogP contribution in [-0.2, 0) is 14.4 Å². The number of benzene rings is 3. The minimum absolute atomic E-state index is 0.277. The highest BCUT2D eigenvalue weighted by Gasteiger charge is 2.60. The van der Waals surface area contributed by atoms with Gasteiger partial charge in [0.05, 0.1) is 24.5 Å². The molecule has 0 radical (unpaired) electrons. The summed E-state index contributed by atoms with van der Waals surface area (Å²) in [6.45, 7) is 1.96. The van der Waals surface area contributed by atoms with Crippen molar-refractivity contribution in [2.75, 3.05) is 17.1 Å². The minimum Gasteiger partial charge on any atom is -0.497 e. The largest absolute Gasteiger partial charge is 0.497 e. The third-order valence-electron chi connectivity index (χ3n) is 5.95. The van der Waals surface area contributed by atoms with E-state index in [1.54, 1.807) is 36.4 Å². The standard InChI is InChI=1S/C25H21ClN2O4/c1-15-3-9-18(10-4-15)27-24(29)21-22(16-5-13-20(31-2)14-6-16)28(32-23(21)25(27)30)19-11-7-17(26)8-12-19/h3-14,21-23H,1-2H3/t21-,22-,23-/m1/s1. The molecule has 32 heavy (non-hydrogen) atoms. The zero-order valence-corrected chi connectivity index (χ0v) is 18.3. The summed E-state index contributed by atoms with van der Waals surface area (Å²) in [6, 6.07) is 21.4. The first-order chi connectivity index (χ1) is 15.5. The minimum atomic E-state index is -0.911. The summed E-state index contributed by atoms with van der Waals surface area (Å²) in [5.74, 6) is -0.620. The Labute approximate surface area is 190 Å². The van der Waals surface area contributed by atoms with Crippen LogP contribution in [0.25, 0.3) is 0 Å². The van der Waals surface area contributed by atoms with Crippen molar-refractivity contribution in [2.45, 2.75) is 19.1 Å². The molecule has 2 aliphatic rings. The van der Waals surface area contributed by atoms with Crippen LogP contribution in [-0.4, -0.2) is 25.0 Å². The van der Waals surface area contributed by atoms with Crippen LogP contribution in [0.4, 0.5) is 11.4 Å². The molecule has 162 valence electrons. The van der Waals surface area contributed by atoms with Gasteiger partial charge in [-0.1, -0.05) is 41.4 Å². The summed E-state index contributed by atoms with van der Waals surface area (Å²) < 4.78 is 5.28. The molecular weight excluding hydrogens is 428 g/mol. The molecule has 2 fully saturated rings. The average Bonchev–Trinajstić information content (AvgIpc) is 3.31. The maximum absolute atomic E-state index is 13.6. The Kier molecular flexibility index (Phi) is 5.12. The Bertz CT molecular complexity index is 1160. The highest BCUT2D eigenvalue weighted by molar-refractivity contribution is 6.30. The molecular formula is C25H21ClN2O4. The Morgan fingerprint density at radius 1 is 0.844 bits per heavy atom. The molecule has 0 aromatic heterocycles. The molecule has 2 heterocycles. The molecule has 3 aromatic rings. The van der Waals surface area contributed by atoms with Gasteiger partial charge in [-0.3, -0.25) is 14.4 Å².